The maximum atomic E-state index is 13.0. The van der Waals surface area contributed by atoms with E-state index in [1.165, 1.54) is 18.1 Å². The minimum Gasteiger partial charge on any atom is -0.478 e. The molecule has 5 rings (SSSR count). The summed E-state index contributed by atoms with van der Waals surface area (Å²) in [7, 11) is 0. The lowest BCUT2D eigenvalue weighted by Gasteiger charge is -2.33. The topological polar surface area (TPSA) is 261 Å². The number of benzene rings is 1. The Bertz CT molecular complexity index is 1730. The van der Waals surface area contributed by atoms with Crippen molar-refractivity contribution >= 4 is 68.5 Å². The van der Waals surface area contributed by atoms with Gasteiger partial charge in [0.15, 0.2) is 39.7 Å². The van der Waals surface area contributed by atoms with E-state index in [0.29, 0.717) is 79.2 Å². The first-order chi connectivity index (χ1) is 24.4. The van der Waals surface area contributed by atoms with Gasteiger partial charge in [-0.25, -0.2) is 24.5 Å². The fourth-order valence-corrected chi connectivity index (χ4v) is 6.89. The zero-order chi connectivity index (χ0) is 37.1. The molecule has 3 aromatic rings. The van der Waals surface area contributed by atoms with Gasteiger partial charge < -0.3 is 51.1 Å². The lowest BCUT2D eigenvalue weighted by molar-refractivity contribution is -0.161. The minimum absolute atomic E-state index is 0.193. The normalized spacial score (nSPS) is 15.3. The number of rotatable bonds is 14. The van der Waals surface area contributed by atoms with Crippen LogP contribution in [0.1, 0.15) is 45.4 Å². The number of carboxylic acid groups (broad SMARTS) is 2. The second kappa shape index (κ2) is 18.7. The van der Waals surface area contributed by atoms with Gasteiger partial charge in [0.2, 0.25) is 6.79 Å². The number of fused-ring (bicyclic) bond motifs is 2. The molecule has 0 saturated carbocycles. The van der Waals surface area contributed by atoms with Gasteiger partial charge in [0.05, 0.1) is 0 Å². The van der Waals surface area contributed by atoms with E-state index in [4.69, 9.17) is 46.6 Å². The molecule has 1 amide bonds. The molecule has 276 valence electrons. The fourth-order valence-electron chi connectivity index (χ4n) is 5.38. The molecule has 1 saturated heterocycles. The van der Waals surface area contributed by atoms with Gasteiger partial charge in [-0.1, -0.05) is 18.2 Å². The van der Waals surface area contributed by atoms with Gasteiger partial charge in [-0.2, -0.15) is 0 Å². The molecule has 17 nitrogen and oxygen atoms in total. The lowest BCUT2D eigenvalue weighted by atomic mass is 9.93. The number of piperidine rings is 1. The van der Waals surface area contributed by atoms with E-state index in [1.807, 2.05) is 12.1 Å². The summed E-state index contributed by atoms with van der Waals surface area (Å²) in [5, 5.41) is 16.4. The van der Waals surface area contributed by atoms with Crippen molar-refractivity contribution in [2.45, 2.75) is 74.2 Å². The molecule has 0 bridgehead atoms. The lowest BCUT2D eigenvalue weighted by Crippen LogP contribution is -2.46. The molecule has 1 aromatic carbocycles. The molecule has 0 unspecified atom stereocenters. The highest BCUT2D eigenvalue weighted by Gasteiger charge is 2.30. The van der Waals surface area contributed by atoms with E-state index in [1.54, 1.807) is 11.8 Å². The monoisotopic (exact) mass is 792 g/mol. The SMILES string of the molecule is C[C@H](OC(=O)[C@@H](N)CCCCN)C(=O)N1CCC(CCn2c(Sc3cc4c(cc3Br)OCO4)nc3c(N)ncnc32)CC1.O=C(O)/C=C/C(=O)O. The second-order valence-corrected chi connectivity index (χ2v) is 13.6. The van der Waals surface area contributed by atoms with Gasteiger partial charge in [-0.15, -0.1) is 0 Å². The van der Waals surface area contributed by atoms with Crippen molar-refractivity contribution in [1.29, 1.82) is 0 Å². The first kappa shape index (κ1) is 39.3. The van der Waals surface area contributed by atoms with E-state index in [0.717, 1.165) is 46.6 Å². The average molecular weight is 794 g/mol. The summed E-state index contributed by atoms with van der Waals surface area (Å²) >= 11 is 5.12. The average Bonchev–Trinajstić information content (AvgIpc) is 3.71. The summed E-state index contributed by atoms with van der Waals surface area (Å²) in [5.41, 5.74) is 18.8. The number of aliphatic carboxylic acids is 2. The van der Waals surface area contributed by atoms with Gasteiger partial charge in [0.25, 0.3) is 5.91 Å². The molecule has 1 fully saturated rings. The predicted molar refractivity (Wildman–Crippen MR) is 189 cm³/mol. The second-order valence-electron chi connectivity index (χ2n) is 11.8. The molecule has 0 aliphatic carbocycles. The number of unbranched alkanes of at least 4 members (excludes halogenated alkanes) is 1. The van der Waals surface area contributed by atoms with Crippen LogP contribution in [0.3, 0.4) is 0 Å². The number of carbonyl (C=O) groups excluding carboxylic acids is 2. The van der Waals surface area contributed by atoms with Crippen molar-refractivity contribution in [3.63, 3.8) is 0 Å². The maximum Gasteiger partial charge on any atom is 0.328 e. The Kier molecular flexibility index (Phi) is 14.4. The summed E-state index contributed by atoms with van der Waals surface area (Å²) < 4.78 is 19.4. The van der Waals surface area contributed by atoms with E-state index < -0.39 is 30.1 Å². The first-order valence-electron chi connectivity index (χ1n) is 16.2. The van der Waals surface area contributed by atoms with Crippen molar-refractivity contribution < 1.29 is 43.6 Å². The molecule has 2 atom stereocenters. The van der Waals surface area contributed by atoms with E-state index in [2.05, 4.69) is 30.5 Å². The number of hydrogen-bond acceptors (Lipinski definition) is 14. The fraction of sp³-hybridized carbons (Fsp3) is 0.469. The molecule has 0 radical (unpaired) electrons. The standard InChI is InChI=1S/C28H37BrN8O5S.C4H4O4/c1-16(42-27(39)19(31)4-2-3-8-30)26(38)36-9-5-17(6-10-36)7-11-37-25-23(24(32)33-14-34-25)35-28(37)43-22-13-21-20(12-18(22)29)40-15-41-21;5-3(6)1-2-4(7)8/h12-14,16-17,19H,2-11,15,30-31H2,1H3,(H2,32,33,34);1-2H,(H,5,6)(H,7,8)/b;2-1+/t16-,19-;/m0./s1. The number of likely N-dealkylation sites (tertiary alicyclic amines) is 1. The summed E-state index contributed by atoms with van der Waals surface area (Å²) in [6.45, 7) is 4.21. The quantitative estimate of drug-likeness (QED) is 0.0893. The van der Waals surface area contributed by atoms with Crippen LogP contribution < -0.4 is 26.7 Å². The number of amides is 1. The van der Waals surface area contributed by atoms with Gasteiger partial charge in [0, 0.05) is 41.2 Å². The molecule has 2 aliphatic rings. The number of imidazole rings is 1. The van der Waals surface area contributed by atoms with Crippen molar-refractivity contribution in [2.24, 2.45) is 17.4 Å². The first-order valence-corrected chi connectivity index (χ1v) is 17.8. The molecular weight excluding hydrogens is 752 g/mol. The van der Waals surface area contributed by atoms with Crippen molar-refractivity contribution in [2.75, 3.05) is 32.2 Å². The zero-order valence-corrected chi connectivity index (χ0v) is 30.3. The highest BCUT2D eigenvalue weighted by atomic mass is 79.9. The Morgan fingerprint density at radius 3 is 2.41 bits per heavy atom. The molecule has 2 aromatic heterocycles. The number of esters is 1. The molecule has 4 heterocycles. The summed E-state index contributed by atoms with van der Waals surface area (Å²) in [6, 6.07) is 3.07. The molecule has 2 aliphatic heterocycles. The molecule has 19 heteroatoms. The van der Waals surface area contributed by atoms with Crippen LogP contribution in [-0.4, -0.2) is 97.0 Å². The summed E-state index contributed by atoms with van der Waals surface area (Å²) in [5.74, 6) is -1.16. The third-order valence-corrected chi connectivity index (χ3v) is 10.1. The Labute approximate surface area is 306 Å². The number of nitrogens with two attached hydrogens (primary N) is 3. The Morgan fingerprint density at radius 1 is 1.10 bits per heavy atom. The number of anilines is 1. The van der Waals surface area contributed by atoms with Crippen LogP contribution >= 0.6 is 27.7 Å². The van der Waals surface area contributed by atoms with E-state index in [-0.39, 0.29) is 12.7 Å². The molecular formula is C32H41BrN8O9S. The van der Waals surface area contributed by atoms with E-state index >= 15 is 0 Å². The van der Waals surface area contributed by atoms with Crippen LogP contribution in [0, 0.1) is 5.92 Å². The number of aryl methyl sites for hydroxylation is 1. The number of halogens is 1. The Morgan fingerprint density at radius 2 is 1.76 bits per heavy atom. The number of nitrogens with zero attached hydrogens (tertiary/aromatic N) is 5. The summed E-state index contributed by atoms with van der Waals surface area (Å²) in [6.07, 6.45) is 6.26. The van der Waals surface area contributed by atoms with Crippen molar-refractivity contribution in [3.05, 3.63) is 35.1 Å². The highest BCUT2D eigenvalue weighted by molar-refractivity contribution is 9.10. The van der Waals surface area contributed by atoms with E-state index in [9.17, 15) is 19.2 Å². The summed E-state index contributed by atoms with van der Waals surface area (Å²) in [4.78, 5) is 60.5. The van der Waals surface area contributed by atoms with Gasteiger partial charge >= 0.3 is 17.9 Å². The van der Waals surface area contributed by atoms with Crippen molar-refractivity contribution in [1.82, 2.24) is 24.4 Å². The van der Waals surface area contributed by atoms with Crippen LogP contribution in [0.25, 0.3) is 11.2 Å². The Balaban J connectivity index is 0.000000652. The minimum atomic E-state index is -1.26. The number of hydrogen-bond donors (Lipinski definition) is 5. The largest absolute Gasteiger partial charge is 0.478 e. The van der Waals surface area contributed by atoms with Crippen LogP contribution in [0.5, 0.6) is 11.5 Å². The van der Waals surface area contributed by atoms with Gasteiger partial charge in [-0.3, -0.25) is 9.59 Å². The highest BCUT2D eigenvalue weighted by Crippen LogP contribution is 2.43. The number of aromatic nitrogens is 4. The third-order valence-electron chi connectivity index (χ3n) is 8.12. The van der Waals surface area contributed by atoms with Crippen LogP contribution in [0.4, 0.5) is 5.82 Å². The smallest absolute Gasteiger partial charge is 0.328 e. The van der Waals surface area contributed by atoms with Gasteiger partial charge in [-0.05, 0) is 79.6 Å². The maximum absolute atomic E-state index is 13.0. The van der Waals surface area contributed by atoms with Crippen molar-refractivity contribution in [3.8, 4) is 11.5 Å². The van der Waals surface area contributed by atoms with Crippen LogP contribution in [-0.2, 0) is 30.5 Å². The number of carboxylic acids is 2. The predicted octanol–water partition coefficient (Wildman–Crippen LogP) is 2.78. The van der Waals surface area contributed by atoms with Crippen LogP contribution in [0.15, 0.2) is 45.1 Å². The molecule has 0 spiro atoms. The van der Waals surface area contributed by atoms with Crippen LogP contribution in [0.2, 0.25) is 0 Å². The Hall–Kier alpha value is -4.46. The number of ether oxygens (including phenoxy) is 3. The third kappa shape index (κ3) is 11.0. The molecule has 51 heavy (non-hydrogen) atoms. The molecule has 8 N–H and O–H groups in total. The zero-order valence-electron chi connectivity index (χ0n) is 27.9. The van der Waals surface area contributed by atoms with Gasteiger partial charge in [0.1, 0.15) is 12.4 Å². The number of nitrogen functional groups attached to an aromatic ring is 1. The number of carbonyl (C=O) groups is 4.